The van der Waals surface area contributed by atoms with E-state index in [1.54, 1.807) is 13.0 Å². The lowest BCUT2D eigenvalue weighted by atomic mass is 10.1. The average molecular weight is 124 g/mol. The van der Waals surface area contributed by atoms with Gasteiger partial charge in [-0.15, -0.1) is 0 Å². The fourth-order valence-electron chi connectivity index (χ4n) is 0.498. The van der Waals surface area contributed by atoms with Gasteiger partial charge in [0.15, 0.2) is 0 Å². The highest BCUT2D eigenvalue weighted by atomic mass is 16.3. The molecule has 1 atom stereocenters. The molecule has 1 rings (SSSR count). The first-order valence-corrected chi connectivity index (χ1v) is 2.67. The second-order valence-electron chi connectivity index (χ2n) is 2.08. The van der Waals surface area contributed by atoms with Crippen molar-refractivity contribution in [2.24, 2.45) is 9.98 Å². The molecule has 48 valence electrons. The van der Waals surface area contributed by atoms with E-state index in [9.17, 15) is 5.11 Å². The minimum atomic E-state index is -0.934. The average Bonchev–Trinajstić information content (AvgIpc) is 1.92. The van der Waals surface area contributed by atoms with Gasteiger partial charge >= 0.3 is 0 Å². The first-order chi connectivity index (χ1) is 4.21. The van der Waals surface area contributed by atoms with Crippen LogP contribution in [0.2, 0.25) is 0 Å². The standard InChI is InChI=1S/C6H8N2O/c1-6(9)2-3-7-5-8-4-6/h2-5,9H,1H3/t6-/m0/s1. The maximum atomic E-state index is 9.24. The second kappa shape index (κ2) is 2.11. The predicted octanol–water partition coefficient (Wildman–Crippen LogP) is 0.364. The Morgan fingerprint density at radius 3 is 3.00 bits per heavy atom. The molecule has 0 aliphatic carbocycles. The van der Waals surface area contributed by atoms with Crippen molar-refractivity contribution >= 4 is 12.6 Å². The molecule has 0 bridgehead atoms. The van der Waals surface area contributed by atoms with Crippen LogP contribution < -0.4 is 0 Å². The highest BCUT2D eigenvalue weighted by Gasteiger charge is 2.11. The quantitative estimate of drug-likeness (QED) is 0.498. The van der Waals surface area contributed by atoms with Crippen LogP contribution in [0.15, 0.2) is 22.3 Å². The van der Waals surface area contributed by atoms with Crippen molar-refractivity contribution in [1.29, 1.82) is 0 Å². The molecule has 1 N–H and O–H groups in total. The van der Waals surface area contributed by atoms with Crippen LogP contribution in [0.5, 0.6) is 0 Å². The summed E-state index contributed by atoms with van der Waals surface area (Å²) in [4.78, 5) is 7.40. The van der Waals surface area contributed by atoms with Crippen LogP contribution in [0.1, 0.15) is 6.92 Å². The molecule has 9 heavy (non-hydrogen) atoms. The monoisotopic (exact) mass is 124 g/mol. The maximum Gasteiger partial charge on any atom is 0.117 e. The van der Waals surface area contributed by atoms with Crippen LogP contribution in [0, 0.1) is 0 Å². The fraction of sp³-hybridized carbons (Fsp3) is 0.333. The van der Waals surface area contributed by atoms with Gasteiger partial charge in [-0.25, -0.2) is 9.98 Å². The predicted molar refractivity (Wildman–Crippen MR) is 36.7 cm³/mol. The molecule has 0 fully saturated rings. The zero-order valence-corrected chi connectivity index (χ0v) is 5.15. The topological polar surface area (TPSA) is 45.0 Å². The summed E-state index contributed by atoms with van der Waals surface area (Å²) in [7, 11) is 0. The van der Waals surface area contributed by atoms with E-state index >= 15 is 0 Å². The highest BCUT2D eigenvalue weighted by Crippen LogP contribution is 2.02. The Labute approximate surface area is 53.5 Å². The van der Waals surface area contributed by atoms with Gasteiger partial charge in [-0.2, -0.15) is 0 Å². The van der Waals surface area contributed by atoms with Gasteiger partial charge in [0.2, 0.25) is 0 Å². The number of hydrogen-bond donors (Lipinski definition) is 1. The summed E-state index contributed by atoms with van der Waals surface area (Å²) in [6.45, 7) is 1.64. The fourth-order valence-corrected chi connectivity index (χ4v) is 0.498. The van der Waals surface area contributed by atoms with E-state index < -0.39 is 5.60 Å². The maximum absolute atomic E-state index is 9.24. The lowest BCUT2D eigenvalue weighted by Crippen LogP contribution is -2.21. The molecule has 0 spiro atoms. The van der Waals surface area contributed by atoms with Crippen LogP contribution >= 0.6 is 0 Å². The molecule has 1 aliphatic rings. The molecule has 3 nitrogen and oxygen atoms in total. The highest BCUT2D eigenvalue weighted by molar-refractivity contribution is 5.80. The lowest BCUT2D eigenvalue weighted by Gasteiger charge is -2.08. The van der Waals surface area contributed by atoms with Crippen LogP contribution in [0.4, 0.5) is 0 Å². The van der Waals surface area contributed by atoms with E-state index in [1.165, 1.54) is 18.8 Å². The van der Waals surface area contributed by atoms with Gasteiger partial charge in [0.05, 0.1) is 0 Å². The summed E-state index contributed by atoms with van der Waals surface area (Å²) >= 11 is 0. The van der Waals surface area contributed by atoms with Crippen molar-refractivity contribution in [3.8, 4) is 0 Å². The van der Waals surface area contributed by atoms with Crippen molar-refractivity contribution in [2.45, 2.75) is 12.5 Å². The Morgan fingerprint density at radius 1 is 1.44 bits per heavy atom. The van der Waals surface area contributed by atoms with Gasteiger partial charge in [-0.1, -0.05) is 0 Å². The van der Waals surface area contributed by atoms with Gasteiger partial charge in [0.1, 0.15) is 11.9 Å². The van der Waals surface area contributed by atoms with Gasteiger partial charge < -0.3 is 5.11 Å². The Bertz CT molecular complexity index is 161. The van der Waals surface area contributed by atoms with Crippen molar-refractivity contribution in [3.63, 3.8) is 0 Å². The molecular weight excluding hydrogens is 116 g/mol. The molecular formula is C6H8N2O. The smallest absolute Gasteiger partial charge is 0.117 e. The molecule has 3 heteroatoms. The summed E-state index contributed by atoms with van der Waals surface area (Å²) in [5.41, 5.74) is -0.934. The molecule has 0 aromatic carbocycles. The molecule has 0 unspecified atom stereocenters. The van der Waals surface area contributed by atoms with E-state index in [0.717, 1.165) is 0 Å². The van der Waals surface area contributed by atoms with E-state index in [-0.39, 0.29) is 0 Å². The zero-order valence-electron chi connectivity index (χ0n) is 5.15. The number of aliphatic imine (C=N–C) groups is 2. The Hall–Kier alpha value is -0.960. The molecule has 0 aromatic heterocycles. The van der Waals surface area contributed by atoms with Crippen molar-refractivity contribution in [1.82, 2.24) is 0 Å². The first kappa shape index (κ1) is 6.16. The Balaban J connectivity index is 2.82. The third kappa shape index (κ3) is 1.77. The van der Waals surface area contributed by atoms with E-state index in [0.29, 0.717) is 0 Å². The Kier molecular flexibility index (Phi) is 1.44. The Morgan fingerprint density at radius 2 is 2.22 bits per heavy atom. The molecule has 0 saturated heterocycles. The first-order valence-electron chi connectivity index (χ1n) is 2.67. The summed E-state index contributed by atoms with van der Waals surface area (Å²) in [5.74, 6) is 0. The summed E-state index contributed by atoms with van der Waals surface area (Å²) in [6, 6.07) is 0. The van der Waals surface area contributed by atoms with Gasteiger partial charge in [-0.05, 0) is 13.0 Å². The van der Waals surface area contributed by atoms with Crippen LogP contribution in [0.25, 0.3) is 0 Å². The number of aliphatic hydroxyl groups is 1. The molecule has 1 heterocycles. The summed E-state index contributed by atoms with van der Waals surface area (Å²) < 4.78 is 0. The van der Waals surface area contributed by atoms with Gasteiger partial charge in [0.25, 0.3) is 0 Å². The number of hydrogen-bond acceptors (Lipinski definition) is 3. The van der Waals surface area contributed by atoms with E-state index in [1.807, 2.05) is 0 Å². The van der Waals surface area contributed by atoms with Gasteiger partial charge in [-0.3, -0.25) is 0 Å². The van der Waals surface area contributed by atoms with Crippen LogP contribution in [-0.4, -0.2) is 23.3 Å². The van der Waals surface area contributed by atoms with Gasteiger partial charge in [0, 0.05) is 12.4 Å². The van der Waals surface area contributed by atoms with E-state index in [2.05, 4.69) is 9.98 Å². The molecule has 1 aliphatic heterocycles. The summed E-state index contributed by atoms with van der Waals surface area (Å²) in [6.07, 6.45) is 5.91. The minimum Gasteiger partial charge on any atom is -0.380 e. The van der Waals surface area contributed by atoms with Crippen LogP contribution in [0.3, 0.4) is 0 Å². The lowest BCUT2D eigenvalue weighted by molar-refractivity contribution is 0.190. The largest absolute Gasteiger partial charge is 0.380 e. The third-order valence-corrected chi connectivity index (χ3v) is 0.967. The second-order valence-corrected chi connectivity index (χ2v) is 2.08. The van der Waals surface area contributed by atoms with E-state index in [4.69, 9.17) is 0 Å². The molecule has 0 aromatic rings. The van der Waals surface area contributed by atoms with Crippen molar-refractivity contribution in [2.75, 3.05) is 0 Å². The normalized spacial score (nSPS) is 32.7. The zero-order chi connectivity index (χ0) is 6.74. The minimum absolute atomic E-state index is 0.934. The van der Waals surface area contributed by atoms with Crippen molar-refractivity contribution in [3.05, 3.63) is 12.3 Å². The third-order valence-electron chi connectivity index (χ3n) is 0.967. The molecule has 0 amide bonds. The van der Waals surface area contributed by atoms with Crippen LogP contribution in [-0.2, 0) is 0 Å². The van der Waals surface area contributed by atoms with Crippen molar-refractivity contribution < 1.29 is 5.11 Å². The number of rotatable bonds is 0. The number of nitrogens with zero attached hydrogens (tertiary/aromatic N) is 2. The summed E-state index contributed by atoms with van der Waals surface area (Å²) in [5, 5.41) is 9.24. The molecule has 0 radical (unpaired) electrons. The SMILES string of the molecule is C[C@]1(O)C=CN=CN=C1. The molecule has 0 saturated carbocycles.